The standard InChI is InChI=1S/C20H28FNO3/c1-15-13-16(21)7-5-6-8-20(14-17(15)23)9-11-22(12-10-20)18(24)25-19(2,3)4/h5,7,13H,1,6,8-12,14H2,2-4H3/b7-5-,16-13+. The zero-order chi connectivity index (χ0) is 18.7. The van der Waals surface area contributed by atoms with Gasteiger partial charge < -0.3 is 9.64 Å². The first kappa shape index (κ1) is 19.4. The number of hydrogen-bond donors (Lipinski definition) is 0. The second-order valence-electron chi connectivity index (χ2n) is 8.06. The topological polar surface area (TPSA) is 46.6 Å². The summed E-state index contributed by atoms with van der Waals surface area (Å²) in [6.07, 6.45) is 7.45. The van der Waals surface area contributed by atoms with E-state index in [9.17, 15) is 14.0 Å². The summed E-state index contributed by atoms with van der Waals surface area (Å²) in [4.78, 5) is 26.3. The molecule has 0 radical (unpaired) electrons. The van der Waals surface area contributed by atoms with Gasteiger partial charge in [-0.2, -0.15) is 0 Å². The number of rotatable bonds is 0. The molecule has 1 aliphatic carbocycles. The van der Waals surface area contributed by atoms with Gasteiger partial charge in [-0.1, -0.05) is 12.7 Å². The Morgan fingerprint density at radius 3 is 2.52 bits per heavy atom. The molecule has 0 aromatic rings. The van der Waals surface area contributed by atoms with Crippen molar-refractivity contribution in [2.24, 2.45) is 5.41 Å². The number of likely N-dealkylation sites (tertiary alicyclic amines) is 1. The average Bonchev–Trinajstić information content (AvgIpc) is 2.50. The Balaban J connectivity index is 2.05. The van der Waals surface area contributed by atoms with Crippen LogP contribution in [0.5, 0.6) is 0 Å². The van der Waals surface area contributed by atoms with Crippen LogP contribution in [0.15, 0.2) is 36.2 Å². The molecule has 5 heteroatoms. The van der Waals surface area contributed by atoms with E-state index in [0.29, 0.717) is 25.9 Å². The highest BCUT2D eigenvalue weighted by molar-refractivity contribution is 5.98. The zero-order valence-electron chi connectivity index (χ0n) is 15.4. The number of carbonyl (C=O) groups excluding carboxylic acids is 2. The van der Waals surface area contributed by atoms with Crippen molar-refractivity contribution in [1.29, 1.82) is 0 Å². The Morgan fingerprint density at radius 1 is 1.28 bits per heavy atom. The largest absolute Gasteiger partial charge is 0.444 e. The summed E-state index contributed by atoms with van der Waals surface area (Å²) in [6, 6.07) is 0. The number of ether oxygens (including phenoxy) is 1. The van der Waals surface area contributed by atoms with Crippen molar-refractivity contribution in [1.82, 2.24) is 4.90 Å². The van der Waals surface area contributed by atoms with Crippen LogP contribution in [0.25, 0.3) is 0 Å². The van der Waals surface area contributed by atoms with E-state index in [1.165, 1.54) is 12.2 Å². The van der Waals surface area contributed by atoms with Crippen LogP contribution >= 0.6 is 0 Å². The minimum Gasteiger partial charge on any atom is -0.444 e. The summed E-state index contributed by atoms with van der Waals surface area (Å²) >= 11 is 0. The smallest absolute Gasteiger partial charge is 0.410 e. The molecule has 0 saturated carbocycles. The van der Waals surface area contributed by atoms with E-state index < -0.39 is 11.4 Å². The number of amides is 1. The van der Waals surface area contributed by atoms with Crippen LogP contribution in [0.1, 0.15) is 52.9 Å². The summed E-state index contributed by atoms with van der Waals surface area (Å²) < 4.78 is 19.0. The van der Waals surface area contributed by atoms with E-state index in [-0.39, 0.29) is 22.9 Å². The first-order valence-corrected chi connectivity index (χ1v) is 8.84. The number of piperidine rings is 1. The monoisotopic (exact) mass is 349 g/mol. The van der Waals surface area contributed by atoms with Crippen molar-refractivity contribution < 1.29 is 18.7 Å². The van der Waals surface area contributed by atoms with Gasteiger partial charge in [0.25, 0.3) is 0 Å². The van der Waals surface area contributed by atoms with Gasteiger partial charge in [-0.05, 0) is 64.0 Å². The van der Waals surface area contributed by atoms with E-state index in [4.69, 9.17) is 4.74 Å². The molecule has 0 N–H and O–H groups in total. The van der Waals surface area contributed by atoms with Gasteiger partial charge in [-0.25, -0.2) is 9.18 Å². The molecule has 1 fully saturated rings. The molecular weight excluding hydrogens is 321 g/mol. The van der Waals surface area contributed by atoms with Crippen molar-refractivity contribution >= 4 is 11.9 Å². The molecule has 2 rings (SSSR count). The fraction of sp³-hybridized carbons (Fsp3) is 0.600. The maximum absolute atomic E-state index is 13.6. The minimum absolute atomic E-state index is 0.115. The fourth-order valence-electron chi connectivity index (χ4n) is 3.34. The van der Waals surface area contributed by atoms with E-state index in [2.05, 4.69) is 6.58 Å². The molecule has 138 valence electrons. The Morgan fingerprint density at radius 2 is 1.92 bits per heavy atom. The molecule has 1 heterocycles. The SMILES string of the molecule is C=C1/C=C(F)\C=C/CCC2(CCN(C(=O)OC(C)(C)C)CC2)CC1=O. The molecular formula is C20H28FNO3. The Hall–Kier alpha value is -1.91. The number of allylic oxidation sites excluding steroid dienone is 5. The van der Waals surface area contributed by atoms with Crippen LogP contribution in [0, 0.1) is 5.41 Å². The Labute approximate surface area is 149 Å². The summed E-state index contributed by atoms with van der Waals surface area (Å²) in [7, 11) is 0. The number of hydrogen-bond acceptors (Lipinski definition) is 3. The number of ketones is 1. The highest BCUT2D eigenvalue weighted by Crippen LogP contribution is 2.41. The normalized spacial score (nSPS) is 25.3. The summed E-state index contributed by atoms with van der Waals surface area (Å²) in [5.41, 5.74) is -0.472. The summed E-state index contributed by atoms with van der Waals surface area (Å²) in [6.45, 7) is 10.4. The van der Waals surface area contributed by atoms with Crippen molar-refractivity contribution in [2.75, 3.05) is 13.1 Å². The number of halogens is 1. The van der Waals surface area contributed by atoms with Gasteiger partial charge in [0.05, 0.1) is 0 Å². The van der Waals surface area contributed by atoms with E-state index in [0.717, 1.165) is 19.3 Å². The van der Waals surface area contributed by atoms with Gasteiger partial charge in [-0.3, -0.25) is 4.79 Å². The lowest BCUT2D eigenvalue weighted by atomic mass is 9.70. The zero-order valence-corrected chi connectivity index (χ0v) is 15.4. The number of Topliss-reactive ketones (excluding diaryl/α,β-unsaturated/α-hetero) is 1. The first-order chi connectivity index (χ1) is 11.6. The molecule has 4 nitrogen and oxygen atoms in total. The Kier molecular flexibility index (Phi) is 5.86. The molecule has 0 unspecified atom stereocenters. The second kappa shape index (κ2) is 7.54. The number of carbonyl (C=O) groups is 2. The molecule has 1 saturated heterocycles. The minimum atomic E-state index is -0.516. The van der Waals surface area contributed by atoms with Crippen LogP contribution in [0.2, 0.25) is 0 Å². The molecule has 0 atom stereocenters. The van der Waals surface area contributed by atoms with Crippen molar-refractivity contribution in [2.45, 2.75) is 58.5 Å². The fourth-order valence-corrected chi connectivity index (χ4v) is 3.34. The maximum atomic E-state index is 13.6. The van der Waals surface area contributed by atoms with Gasteiger partial charge in [0.15, 0.2) is 5.78 Å². The van der Waals surface area contributed by atoms with E-state index in [1.54, 1.807) is 11.0 Å². The van der Waals surface area contributed by atoms with E-state index in [1.807, 2.05) is 20.8 Å². The third kappa shape index (κ3) is 5.55. The molecule has 0 aromatic heterocycles. The lowest BCUT2D eigenvalue weighted by molar-refractivity contribution is -0.118. The maximum Gasteiger partial charge on any atom is 0.410 e. The molecule has 1 amide bonds. The molecule has 2 aliphatic rings. The van der Waals surface area contributed by atoms with Gasteiger partial charge in [0.1, 0.15) is 11.4 Å². The second-order valence-corrected chi connectivity index (χ2v) is 8.06. The van der Waals surface area contributed by atoms with Gasteiger partial charge >= 0.3 is 6.09 Å². The van der Waals surface area contributed by atoms with Crippen molar-refractivity contribution in [3.05, 3.63) is 36.2 Å². The van der Waals surface area contributed by atoms with Crippen molar-refractivity contribution in [3.63, 3.8) is 0 Å². The lowest BCUT2D eigenvalue weighted by Crippen LogP contribution is -2.45. The van der Waals surface area contributed by atoms with Gasteiger partial charge in [0.2, 0.25) is 0 Å². The van der Waals surface area contributed by atoms with Crippen LogP contribution in [-0.2, 0) is 9.53 Å². The van der Waals surface area contributed by atoms with Crippen LogP contribution in [0.4, 0.5) is 9.18 Å². The molecule has 1 aliphatic heterocycles. The highest BCUT2D eigenvalue weighted by Gasteiger charge is 2.38. The quantitative estimate of drug-likeness (QED) is 0.594. The molecule has 0 bridgehead atoms. The summed E-state index contributed by atoms with van der Waals surface area (Å²) in [5.74, 6) is -0.551. The molecule has 1 spiro atoms. The molecule has 0 aromatic carbocycles. The Bertz CT molecular complexity index is 605. The highest BCUT2D eigenvalue weighted by atomic mass is 19.1. The van der Waals surface area contributed by atoms with Crippen LogP contribution < -0.4 is 0 Å². The van der Waals surface area contributed by atoms with Crippen LogP contribution in [-0.4, -0.2) is 35.5 Å². The third-order valence-electron chi connectivity index (χ3n) is 4.80. The first-order valence-electron chi connectivity index (χ1n) is 8.84. The van der Waals surface area contributed by atoms with Gasteiger partial charge in [0, 0.05) is 25.1 Å². The third-order valence-corrected chi connectivity index (χ3v) is 4.80. The lowest BCUT2D eigenvalue weighted by Gasteiger charge is -2.42. The van der Waals surface area contributed by atoms with Gasteiger partial charge in [-0.15, -0.1) is 0 Å². The predicted molar refractivity (Wildman–Crippen MR) is 95.8 cm³/mol. The van der Waals surface area contributed by atoms with Crippen LogP contribution in [0.3, 0.4) is 0 Å². The van der Waals surface area contributed by atoms with E-state index >= 15 is 0 Å². The molecule has 25 heavy (non-hydrogen) atoms. The van der Waals surface area contributed by atoms with Crippen molar-refractivity contribution in [3.8, 4) is 0 Å². The predicted octanol–water partition coefficient (Wildman–Crippen LogP) is 4.72. The summed E-state index contributed by atoms with van der Waals surface area (Å²) in [5, 5.41) is 0. The average molecular weight is 349 g/mol. The number of nitrogens with zero attached hydrogens (tertiary/aromatic N) is 1.